The van der Waals surface area contributed by atoms with Gasteiger partial charge in [0.05, 0.1) is 0 Å². The number of fused-ring (bicyclic) bond motifs is 1. The third kappa shape index (κ3) is 4.84. The molecule has 0 aromatic heterocycles. The lowest BCUT2D eigenvalue weighted by Crippen LogP contribution is -2.54. The van der Waals surface area contributed by atoms with Crippen molar-refractivity contribution in [2.75, 3.05) is 44.7 Å². The van der Waals surface area contributed by atoms with Gasteiger partial charge in [0.15, 0.2) is 0 Å². The second kappa shape index (κ2) is 10.8. The Morgan fingerprint density at radius 3 is 2.68 bits per heavy atom. The van der Waals surface area contributed by atoms with Gasteiger partial charge in [0.1, 0.15) is 6.17 Å². The maximum absolute atomic E-state index is 14.3. The van der Waals surface area contributed by atoms with E-state index in [9.17, 15) is 13.6 Å². The predicted octanol–water partition coefficient (Wildman–Crippen LogP) is 2.78. The van der Waals surface area contributed by atoms with Gasteiger partial charge in [-0.15, -0.1) is 0 Å². The smallest absolute Gasteiger partial charge is 0.264 e. The molecule has 0 aliphatic carbocycles. The monoisotopic (exact) mass is 513 g/mol. The van der Waals surface area contributed by atoms with Gasteiger partial charge in [-0.3, -0.25) is 9.79 Å². The number of anilines is 1. The fourth-order valence-electron chi connectivity index (χ4n) is 6.22. The minimum atomic E-state index is -2.65. The number of allylic oxidation sites excluding steroid dienone is 1. The van der Waals surface area contributed by atoms with E-state index in [1.54, 1.807) is 20.0 Å². The van der Waals surface area contributed by atoms with Gasteiger partial charge in [0.25, 0.3) is 6.43 Å². The molecule has 4 N–H and O–H groups in total. The molecule has 37 heavy (non-hydrogen) atoms. The summed E-state index contributed by atoms with van der Waals surface area (Å²) in [4.78, 5) is 20.4. The van der Waals surface area contributed by atoms with Crippen molar-refractivity contribution < 1.29 is 13.6 Å². The topological polar surface area (TPSA) is 89.2 Å². The highest BCUT2D eigenvalue weighted by molar-refractivity contribution is 6.10. The molecular weight excluding hydrogens is 476 g/mol. The van der Waals surface area contributed by atoms with Gasteiger partial charge in [-0.2, -0.15) is 0 Å². The van der Waals surface area contributed by atoms with Crippen molar-refractivity contribution in [3.63, 3.8) is 0 Å². The van der Waals surface area contributed by atoms with Gasteiger partial charge in [-0.05, 0) is 62.0 Å². The number of alkyl halides is 2. The number of rotatable bonds is 5. The first-order valence-electron chi connectivity index (χ1n) is 13.2. The summed E-state index contributed by atoms with van der Waals surface area (Å²) in [5.74, 6) is 0.0629. The number of nitrogens with one attached hydrogen (secondary N) is 2. The maximum Gasteiger partial charge on any atom is 0.264 e. The van der Waals surface area contributed by atoms with Gasteiger partial charge in [0.2, 0.25) is 5.91 Å². The minimum Gasteiger partial charge on any atom is -0.404 e. The number of piperidine rings is 1. The molecule has 0 saturated carbocycles. The lowest BCUT2D eigenvalue weighted by molar-refractivity contribution is -0.128. The highest BCUT2D eigenvalue weighted by atomic mass is 19.3. The second-order valence-electron chi connectivity index (χ2n) is 10.2. The third-order valence-electron chi connectivity index (χ3n) is 8.06. The van der Waals surface area contributed by atoms with Crippen LogP contribution in [0.2, 0.25) is 0 Å². The number of nitrogens with two attached hydrogens (primary N) is 1. The SMILES string of the molecule is CN=CC(=CN)c1cc2c(cc1C(F)F)N(C1NN(C3CCNCC3)C3=C1CN(C(C)=O)CC3)CCC2. The van der Waals surface area contributed by atoms with Crippen LogP contribution < -0.4 is 21.4 Å². The van der Waals surface area contributed by atoms with E-state index in [2.05, 4.69) is 25.6 Å². The molecule has 200 valence electrons. The summed E-state index contributed by atoms with van der Waals surface area (Å²) < 4.78 is 28.7. The van der Waals surface area contributed by atoms with E-state index in [4.69, 9.17) is 5.73 Å². The summed E-state index contributed by atoms with van der Waals surface area (Å²) in [6.45, 7) is 5.57. The van der Waals surface area contributed by atoms with Gasteiger partial charge < -0.3 is 25.9 Å². The summed E-state index contributed by atoms with van der Waals surface area (Å²) in [5, 5.41) is 5.77. The molecule has 1 atom stereocenters. The Hall–Kier alpha value is -2.98. The van der Waals surface area contributed by atoms with Crippen LogP contribution in [0, 0.1) is 0 Å². The van der Waals surface area contributed by atoms with Gasteiger partial charge in [-0.1, -0.05) is 0 Å². The Bertz CT molecular complexity index is 1130. The molecule has 1 aromatic carbocycles. The zero-order valence-corrected chi connectivity index (χ0v) is 21.6. The number of hydrogen-bond donors (Lipinski definition) is 3. The number of benzene rings is 1. The largest absolute Gasteiger partial charge is 0.404 e. The molecule has 1 aromatic rings. The Balaban J connectivity index is 1.55. The van der Waals surface area contributed by atoms with E-state index in [-0.39, 0.29) is 17.6 Å². The average molecular weight is 514 g/mol. The van der Waals surface area contributed by atoms with Crippen molar-refractivity contribution in [3.05, 3.63) is 46.3 Å². The Kier molecular flexibility index (Phi) is 7.48. The summed E-state index contributed by atoms with van der Waals surface area (Å²) in [6, 6.07) is 3.87. The van der Waals surface area contributed by atoms with Gasteiger partial charge >= 0.3 is 0 Å². The lowest BCUT2D eigenvalue weighted by Gasteiger charge is -2.40. The van der Waals surface area contributed by atoms with E-state index < -0.39 is 6.43 Å². The number of carbonyl (C=O) groups excluding carboxylic acids is 1. The molecule has 0 radical (unpaired) electrons. The van der Waals surface area contributed by atoms with Crippen LogP contribution in [0.25, 0.3) is 5.57 Å². The fraction of sp³-hybridized carbons (Fsp3) is 0.556. The first-order chi connectivity index (χ1) is 17.9. The van der Waals surface area contributed by atoms with E-state index >= 15 is 0 Å². The molecule has 8 nitrogen and oxygen atoms in total. The average Bonchev–Trinajstić information content (AvgIpc) is 3.29. The van der Waals surface area contributed by atoms with Crippen LogP contribution in [0.1, 0.15) is 55.7 Å². The molecule has 1 amide bonds. The molecule has 0 spiro atoms. The van der Waals surface area contributed by atoms with Crippen molar-refractivity contribution in [2.45, 2.75) is 57.7 Å². The Morgan fingerprint density at radius 1 is 1.22 bits per heavy atom. The number of aliphatic imine (C=N–C) groups is 1. The number of hydrazine groups is 1. The van der Waals surface area contributed by atoms with Crippen molar-refractivity contribution in [3.8, 4) is 0 Å². The molecule has 1 fully saturated rings. The van der Waals surface area contributed by atoms with Crippen molar-refractivity contribution in [2.24, 2.45) is 10.7 Å². The van der Waals surface area contributed by atoms with Crippen LogP contribution in [-0.2, 0) is 11.2 Å². The highest BCUT2D eigenvalue weighted by Crippen LogP contribution is 2.41. The lowest BCUT2D eigenvalue weighted by atomic mass is 9.91. The molecule has 0 bridgehead atoms. The van der Waals surface area contributed by atoms with Crippen LogP contribution in [0.15, 0.2) is 34.6 Å². The number of nitrogens with zero attached hydrogens (tertiary/aromatic N) is 4. The zero-order chi connectivity index (χ0) is 26.1. The van der Waals surface area contributed by atoms with Crippen LogP contribution in [-0.4, -0.2) is 74.0 Å². The number of halogens is 2. The van der Waals surface area contributed by atoms with E-state index in [0.29, 0.717) is 30.3 Å². The molecular formula is C27H37F2N7O. The summed E-state index contributed by atoms with van der Waals surface area (Å²) in [5.41, 5.74) is 14.7. The number of amides is 1. The molecule has 4 heterocycles. The highest BCUT2D eigenvalue weighted by Gasteiger charge is 2.42. The van der Waals surface area contributed by atoms with Gasteiger partial charge in [0, 0.05) is 86.6 Å². The quantitative estimate of drug-likeness (QED) is 0.525. The summed E-state index contributed by atoms with van der Waals surface area (Å²) >= 11 is 0. The normalized spacial score (nSPS) is 23.3. The fourth-order valence-corrected chi connectivity index (χ4v) is 6.22. The van der Waals surface area contributed by atoms with E-state index in [1.807, 2.05) is 11.0 Å². The molecule has 4 aliphatic rings. The number of aryl methyl sites for hydroxylation is 1. The second-order valence-corrected chi connectivity index (χ2v) is 10.2. The van der Waals surface area contributed by atoms with Crippen molar-refractivity contribution >= 4 is 23.4 Å². The number of hydrogen-bond acceptors (Lipinski definition) is 7. The standard InChI is InChI=1S/C27H37F2N7O/c1-17(37)34-11-7-24-23(16-34)27(33-36(24)20-5-8-32-9-6-20)35-10-3-4-18-12-21(19(14-30)15-31-2)22(26(28)29)13-25(18)35/h12-15,20,26-27,32-33H,3-11,16,30H2,1-2H3. The van der Waals surface area contributed by atoms with Crippen LogP contribution in [0.5, 0.6) is 0 Å². The first kappa shape index (κ1) is 25.7. The molecule has 1 saturated heterocycles. The van der Waals surface area contributed by atoms with Crippen LogP contribution in [0.4, 0.5) is 14.5 Å². The van der Waals surface area contributed by atoms with Crippen molar-refractivity contribution in [1.29, 1.82) is 0 Å². The van der Waals surface area contributed by atoms with E-state index in [0.717, 1.165) is 63.0 Å². The number of carbonyl (C=O) groups is 1. The summed E-state index contributed by atoms with van der Waals surface area (Å²) in [7, 11) is 1.60. The van der Waals surface area contributed by atoms with Crippen LogP contribution in [0.3, 0.4) is 0 Å². The van der Waals surface area contributed by atoms with Gasteiger partial charge in [-0.25, -0.2) is 14.2 Å². The predicted molar refractivity (Wildman–Crippen MR) is 142 cm³/mol. The maximum atomic E-state index is 14.3. The Morgan fingerprint density at radius 2 is 2.00 bits per heavy atom. The first-order valence-corrected chi connectivity index (χ1v) is 13.2. The molecule has 10 heteroatoms. The van der Waals surface area contributed by atoms with Crippen molar-refractivity contribution in [1.82, 2.24) is 20.7 Å². The third-order valence-corrected chi connectivity index (χ3v) is 8.06. The molecule has 5 rings (SSSR count). The van der Waals surface area contributed by atoms with Crippen LogP contribution >= 0.6 is 0 Å². The zero-order valence-electron chi connectivity index (χ0n) is 21.6. The van der Waals surface area contributed by atoms with E-state index in [1.165, 1.54) is 23.7 Å². The molecule has 4 aliphatic heterocycles. The molecule has 1 unspecified atom stereocenters. The minimum absolute atomic E-state index is 0.0429. The Labute approximate surface area is 217 Å². The summed E-state index contributed by atoms with van der Waals surface area (Å²) in [6.07, 6.45) is 4.63.